The van der Waals surface area contributed by atoms with E-state index in [1.165, 1.54) is 5.56 Å². The Balaban J connectivity index is 0.00000480. The number of hydrogen-bond acceptors (Lipinski definition) is 3. The van der Waals surface area contributed by atoms with E-state index in [0.717, 1.165) is 56.2 Å². The minimum Gasteiger partial charge on any atom is -0.493 e. The number of aliphatic imine (C=N–C) groups is 1. The van der Waals surface area contributed by atoms with E-state index in [2.05, 4.69) is 54.6 Å². The van der Waals surface area contributed by atoms with Gasteiger partial charge in [-0.25, -0.2) is 0 Å². The summed E-state index contributed by atoms with van der Waals surface area (Å²) >= 11 is 0. The SMILES string of the molecule is CN=C(NCCCCn1ccccc1=O)NCc1ccc(C)cc1OCCC(C)C.I. The molecule has 172 valence electrons. The molecule has 2 N–H and O–H groups in total. The van der Waals surface area contributed by atoms with Crippen LogP contribution in [0.2, 0.25) is 0 Å². The largest absolute Gasteiger partial charge is 0.493 e. The van der Waals surface area contributed by atoms with Gasteiger partial charge in [0.2, 0.25) is 5.56 Å². The maximum absolute atomic E-state index is 11.7. The molecule has 0 unspecified atom stereocenters. The van der Waals surface area contributed by atoms with Gasteiger partial charge in [0.05, 0.1) is 6.61 Å². The van der Waals surface area contributed by atoms with Crippen molar-refractivity contribution < 1.29 is 4.74 Å². The minimum atomic E-state index is 0. The number of rotatable bonds is 11. The number of guanidine groups is 1. The van der Waals surface area contributed by atoms with Gasteiger partial charge in [-0.3, -0.25) is 9.79 Å². The molecule has 0 amide bonds. The molecule has 0 spiro atoms. The Morgan fingerprint density at radius 3 is 2.68 bits per heavy atom. The fourth-order valence-electron chi connectivity index (χ4n) is 3.01. The predicted octanol–water partition coefficient (Wildman–Crippen LogP) is 4.35. The Bertz CT molecular complexity index is 865. The van der Waals surface area contributed by atoms with E-state index in [4.69, 9.17) is 4.74 Å². The zero-order valence-electron chi connectivity index (χ0n) is 19.2. The van der Waals surface area contributed by atoms with Gasteiger partial charge in [-0.2, -0.15) is 0 Å². The summed E-state index contributed by atoms with van der Waals surface area (Å²) in [5, 5.41) is 6.71. The van der Waals surface area contributed by atoms with E-state index in [9.17, 15) is 4.79 Å². The minimum absolute atomic E-state index is 0. The van der Waals surface area contributed by atoms with Crippen LogP contribution in [0.3, 0.4) is 0 Å². The molecule has 2 rings (SSSR count). The van der Waals surface area contributed by atoms with Crippen molar-refractivity contribution in [2.24, 2.45) is 10.9 Å². The maximum Gasteiger partial charge on any atom is 0.250 e. The zero-order valence-corrected chi connectivity index (χ0v) is 21.5. The fraction of sp³-hybridized carbons (Fsp3) is 0.500. The molecule has 0 aliphatic heterocycles. The van der Waals surface area contributed by atoms with Crippen LogP contribution in [-0.4, -0.2) is 30.7 Å². The smallest absolute Gasteiger partial charge is 0.250 e. The molecule has 1 aromatic carbocycles. The molecule has 31 heavy (non-hydrogen) atoms. The van der Waals surface area contributed by atoms with Crippen LogP contribution in [0.4, 0.5) is 0 Å². The van der Waals surface area contributed by atoms with Crippen molar-refractivity contribution in [2.45, 2.75) is 53.1 Å². The highest BCUT2D eigenvalue weighted by Gasteiger charge is 2.07. The highest BCUT2D eigenvalue weighted by molar-refractivity contribution is 14.0. The summed E-state index contributed by atoms with van der Waals surface area (Å²) in [5.41, 5.74) is 2.36. The quantitative estimate of drug-likeness (QED) is 0.193. The number of nitrogens with zero attached hydrogens (tertiary/aromatic N) is 2. The Kier molecular flexibility index (Phi) is 13.0. The first-order valence-electron chi connectivity index (χ1n) is 10.8. The second-order valence-corrected chi connectivity index (χ2v) is 7.93. The standard InChI is InChI=1S/C24H36N4O2.HI/c1-19(2)12-16-30-22-17-20(3)10-11-21(22)18-27-24(25-4)26-13-6-8-15-28-14-7-5-9-23(28)29;/h5,7,9-11,14,17,19H,6,8,12-13,15-16,18H2,1-4H3,(H2,25,26,27);1H. The third kappa shape index (κ3) is 10.2. The number of unbranched alkanes of at least 4 members (excludes halogenated alkanes) is 1. The highest BCUT2D eigenvalue weighted by Crippen LogP contribution is 2.21. The molecule has 7 heteroatoms. The Morgan fingerprint density at radius 2 is 1.97 bits per heavy atom. The van der Waals surface area contributed by atoms with Gasteiger partial charge in [0.25, 0.3) is 0 Å². The topological polar surface area (TPSA) is 67.7 Å². The number of nitrogens with one attached hydrogen (secondary N) is 2. The van der Waals surface area contributed by atoms with Crippen LogP contribution in [0.15, 0.2) is 52.4 Å². The summed E-state index contributed by atoms with van der Waals surface area (Å²) < 4.78 is 7.77. The number of aromatic nitrogens is 1. The van der Waals surface area contributed by atoms with E-state index in [1.807, 2.05) is 12.3 Å². The third-order valence-corrected chi connectivity index (χ3v) is 4.86. The van der Waals surface area contributed by atoms with Crippen molar-refractivity contribution in [1.29, 1.82) is 0 Å². The lowest BCUT2D eigenvalue weighted by molar-refractivity contribution is 0.286. The normalized spacial score (nSPS) is 11.2. The highest BCUT2D eigenvalue weighted by atomic mass is 127. The molecule has 0 aliphatic carbocycles. The van der Waals surface area contributed by atoms with Crippen molar-refractivity contribution in [3.8, 4) is 5.75 Å². The monoisotopic (exact) mass is 540 g/mol. The van der Waals surface area contributed by atoms with E-state index < -0.39 is 0 Å². The second kappa shape index (κ2) is 14.9. The molecule has 0 fully saturated rings. The average Bonchev–Trinajstić information content (AvgIpc) is 2.72. The Hall–Kier alpha value is -2.03. The molecule has 0 atom stereocenters. The summed E-state index contributed by atoms with van der Waals surface area (Å²) in [7, 11) is 1.77. The first-order chi connectivity index (χ1) is 14.5. The van der Waals surface area contributed by atoms with Gasteiger partial charge in [-0.05, 0) is 49.8 Å². The zero-order chi connectivity index (χ0) is 21.8. The first kappa shape index (κ1) is 27.0. The Labute approximate surface area is 203 Å². The van der Waals surface area contributed by atoms with Gasteiger partial charge >= 0.3 is 0 Å². The van der Waals surface area contributed by atoms with E-state index in [-0.39, 0.29) is 29.5 Å². The van der Waals surface area contributed by atoms with Gasteiger partial charge in [0, 0.05) is 44.5 Å². The van der Waals surface area contributed by atoms with Crippen LogP contribution in [0, 0.1) is 12.8 Å². The summed E-state index contributed by atoms with van der Waals surface area (Å²) in [6, 6.07) is 11.6. The fourth-order valence-corrected chi connectivity index (χ4v) is 3.01. The van der Waals surface area contributed by atoms with Crippen molar-refractivity contribution >= 4 is 29.9 Å². The average molecular weight is 540 g/mol. The van der Waals surface area contributed by atoms with Gasteiger partial charge in [-0.1, -0.05) is 32.0 Å². The van der Waals surface area contributed by atoms with Crippen LogP contribution in [0.5, 0.6) is 5.75 Å². The molecule has 0 saturated heterocycles. The second-order valence-electron chi connectivity index (χ2n) is 7.93. The molecule has 0 bridgehead atoms. The summed E-state index contributed by atoms with van der Waals surface area (Å²) in [4.78, 5) is 16.0. The first-order valence-corrected chi connectivity index (χ1v) is 10.8. The number of aryl methyl sites for hydroxylation is 2. The lowest BCUT2D eigenvalue weighted by Crippen LogP contribution is -2.37. The van der Waals surface area contributed by atoms with Crippen LogP contribution in [-0.2, 0) is 13.1 Å². The van der Waals surface area contributed by atoms with Gasteiger partial charge in [-0.15, -0.1) is 24.0 Å². The molecule has 1 heterocycles. The molecular weight excluding hydrogens is 503 g/mol. The van der Waals surface area contributed by atoms with E-state index in [0.29, 0.717) is 12.5 Å². The summed E-state index contributed by atoms with van der Waals surface area (Å²) in [6.07, 6.45) is 4.76. The molecule has 0 aliphatic rings. The third-order valence-electron chi connectivity index (χ3n) is 4.86. The molecule has 0 radical (unpaired) electrons. The molecule has 0 saturated carbocycles. The summed E-state index contributed by atoms with van der Waals surface area (Å²) in [6.45, 7) is 9.39. The van der Waals surface area contributed by atoms with Gasteiger partial charge in [0.1, 0.15) is 5.75 Å². The molecule has 6 nitrogen and oxygen atoms in total. The molecule has 2 aromatic rings. The lowest BCUT2D eigenvalue weighted by atomic mass is 10.1. The lowest BCUT2D eigenvalue weighted by Gasteiger charge is -2.16. The van der Waals surface area contributed by atoms with Crippen LogP contribution < -0.4 is 20.9 Å². The van der Waals surface area contributed by atoms with Crippen molar-refractivity contribution in [1.82, 2.24) is 15.2 Å². The van der Waals surface area contributed by atoms with Crippen molar-refractivity contribution in [2.75, 3.05) is 20.2 Å². The van der Waals surface area contributed by atoms with Crippen molar-refractivity contribution in [3.63, 3.8) is 0 Å². The van der Waals surface area contributed by atoms with E-state index in [1.54, 1.807) is 23.7 Å². The number of hydrogen-bond donors (Lipinski definition) is 2. The number of ether oxygens (including phenoxy) is 1. The van der Waals surface area contributed by atoms with E-state index >= 15 is 0 Å². The number of benzene rings is 1. The van der Waals surface area contributed by atoms with Crippen LogP contribution in [0.25, 0.3) is 0 Å². The van der Waals surface area contributed by atoms with Gasteiger partial charge < -0.3 is 19.9 Å². The maximum atomic E-state index is 11.7. The predicted molar refractivity (Wildman–Crippen MR) is 140 cm³/mol. The van der Waals surface area contributed by atoms with Crippen LogP contribution >= 0.6 is 24.0 Å². The van der Waals surface area contributed by atoms with Crippen LogP contribution in [0.1, 0.15) is 44.2 Å². The Morgan fingerprint density at radius 1 is 1.16 bits per heavy atom. The molecular formula is C24H37IN4O2. The molecule has 1 aromatic heterocycles. The number of pyridine rings is 1. The summed E-state index contributed by atoms with van der Waals surface area (Å²) in [5.74, 6) is 2.33. The number of halogens is 1. The van der Waals surface area contributed by atoms with Crippen molar-refractivity contribution in [3.05, 3.63) is 64.1 Å². The van der Waals surface area contributed by atoms with Gasteiger partial charge in [0.15, 0.2) is 5.96 Å².